The molecule has 1 saturated heterocycles. The van der Waals surface area contributed by atoms with Gasteiger partial charge in [-0.25, -0.2) is 0 Å². The average Bonchev–Trinajstić information content (AvgIpc) is 2.47. The van der Waals surface area contributed by atoms with Crippen molar-refractivity contribution in [3.05, 3.63) is 35.9 Å². The lowest BCUT2D eigenvalue weighted by atomic mass is 9.96. The molecular weight excluding hydrogens is 252 g/mol. The van der Waals surface area contributed by atoms with Gasteiger partial charge in [-0.1, -0.05) is 30.3 Å². The van der Waals surface area contributed by atoms with Crippen molar-refractivity contribution >= 4 is 11.8 Å². The summed E-state index contributed by atoms with van der Waals surface area (Å²) in [6.07, 6.45) is 1.79. The maximum atomic E-state index is 12.5. The molecule has 4 nitrogen and oxygen atoms in total. The summed E-state index contributed by atoms with van der Waals surface area (Å²) < 4.78 is 0. The van der Waals surface area contributed by atoms with Gasteiger partial charge >= 0.3 is 0 Å². The molecule has 1 aromatic rings. The van der Waals surface area contributed by atoms with E-state index in [1.165, 1.54) is 0 Å². The minimum Gasteiger partial charge on any atom is -0.342 e. The summed E-state index contributed by atoms with van der Waals surface area (Å²) >= 11 is 0. The zero-order valence-corrected chi connectivity index (χ0v) is 12.2. The summed E-state index contributed by atoms with van der Waals surface area (Å²) in [6, 6.07) is 9.97. The van der Waals surface area contributed by atoms with Crippen molar-refractivity contribution < 1.29 is 9.59 Å². The number of carbonyl (C=O) groups excluding carboxylic acids is 2. The first-order valence-electron chi connectivity index (χ1n) is 7.12. The van der Waals surface area contributed by atoms with E-state index in [1.807, 2.05) is 37.4 Å². The first-order chi connectivity index (χ1) is 9.58. The van der Waals surface area contributed by atoms with Crippen molar-refractivity contribution in [2.45, 2.75) is 26.3 Å². The van der Waals surface area contributed by atoms with Crippen LogP contribution in [0.1, 0.15) is 25.3 Å². The van der Waals surface area contributed by atoms with Gasteiger partial charge < -0.3 is 9.80 Å². The van der Waals surface area contributed by atoms with E-state index in [2.05, 4.69) is 0 Å². The Bertz CT molecular complexity index is 473. The average molecular weight is 274 g/mol. The lowest BCUT2D eigenvalue weighted by Gasteiger charge is -2.33. The second-order valence-electron chi connectivity index (χ2n) is 5.48. The Labute approximate surface area is 120 Å². The molecule has 1 heterocycles. The van der Waals surface area contributed by atoms with Crippen LogP contribution in [-0.4, -0.2) is 41.8 Å². The van der Waals surface area contributed by atoms with E-state index in [-0.39, 0.29) is 17.7 Å². The number of amides is 2. The molecule has 0 bridgehead atoms. The molecule has 4 heteroatoms. The molecule has 1 unspecified atom stereocenters. The zero-order chi connectivity index (χ0) is 14.5. The van der Waals surface area contributed by atoms with Crippen molar-refractivity contribution in [2.24, 2.45) is 5.92 Å². The molecule has 0 aromatic heterocycles. The fourth-order valence-electron chi connectivity index (χ4n) is 2.71. The van der Waals surface area contributed by atoms with Crippen LogP contribution in [-0.2, 0) is 16.1 Å². The summed E-state index contributed by atoms with van der Waals surface area (Å²) in [4.78, 5) is 27.4. The normalized spacial score (nSPS) is 18.7. The fourth-order valence-corrected chi connectivity index (χ4v) is 2.71. The number of likely N-dealkylation sites (tertiary alicyclic amines) is 1. The molecular formula is C16H22N2O2. The summed E-state index contributed by atoms with van der Waals surface area (Å²) in [6.45, 7) is 3.53. The van der Waals surface area contributed by atoms with Crippen LogP contribution in [0.2, 0.25) is 0 Å². The largest absolute Gasteiger partial charge is 0.342 e. The van der Waals surface area contributed by atoms with E-state index >= 15 is 0 Å². The highest BCUT2D eigenvalue weighted by Gasteiger charge is 2.28. The molecule has 108 valence electrons. The van der Waals surface area contributed by atoms with Crippen LogP contribution in [0, 0.1) is 5.92 Å². The molecule has 2 rings (SSSR count). The van der Waals surface area contributed by atoms with Gasteiger partial charge in [-0.3, -0.25) is 9.59 Å². The first kappa shape index (κ1) is 14.6. The monoisotopic (exact) mass is 274 g/mol. The smallest absolute Gasteiger partial charge is 0.227 e. The van der Waals surface area contributed by atoms with Gasteiger partial charge in [0.25, 0.3) is 0 Å². The Morgan fingerprint density at radius 1 is 1.30 bits per heavy atom. The molecule has 2 amide bonds. The van der Waals surface area contributed by atoms with Crippen molar-refractivity contribution in [3.8, 4) is 0 Å². The highest BCUT2D eigenvalue weighted by Crippen LogP contribution is 2.19. The summed E-state index contributed by atoms with van der Waals surface area (Å²) in [5, 5.41) is 0. The lowest BCUT2D eigenvalue weighted by Crippen LogP contribution is -2.45. The minimum absolute atomic E-state index is 0.0543. The van der Waals surface area contributed by atoms with Crippen molar-refractivity contribution in [1.82, 2.24) is 9.80 Å². The van der Waals surface area contributed by atoms with E-state index in [9.17, 15) is 9.59 Å². The molecule has 0 saturated carbocycles. The molecule has 1 aromatic carbocycles. The molecule has 0 radical (unpaired) electrons. The van der Waals surface area contributed by atoms with E-state index in [1.54, 1.807) is 16.7 Å². The lowest BCUT2D eigenvalue weighted by molar-refractivity contribution is -0.139. The van der Waals surface area contributed by atoms with E-state index < -0.39 is 0 Å². The van der Waals surface area contributed by atoms with Gasteiger partial charge in [-0.15, -0.1) is 0 Å². The van der Waals surface area contributed by atoms with Crippen LogP contribution < -0.4 is 0 Å². The Morgan fingerprint density at radius 2 is 2.00 bits per heavy atom. The van der Waals surface area contributed by atoms with Crippen molar-refractivity contribution in [2.75, 3.05) is 20.1 Å². The summed E-state index contributed by atoms with van der Waals surface area (Å²) in [7, 11) is 1.84. The topological polar surface area (TPSA) is 40.6 Å². The standard InChI is InChI=1S/C16H22N2O2/c1-13(19)18-10-6-9-15(12-18)16(20)17(2)11-14-7-4-3-5-8-14/h3-5,7-8,15H,6,9-12H2,1-2H3. The van der Waals surface area contributed by atoms with Gasteiger partial charge in [-0.05, 0) is 18.4 Å². The van der Waals surface area contributed by atoms with Gasteiger partial charge in [0.15, 0.2) is 0 Å². The van der Waals surface area contributed by atoms with Crippen molar-refractivity contribution in [3.63, 3.8) is 0 Å². The Kier molecular flexibility index (Phi) is 4.77. The van der Waals surface area contributed by atoms with Crippen LogP contribution in [0.5, 0.6) is 0 Å². The van der Waals surface area contributed by atoms with Gasteiger partial charge in [0.05, 0.1) is 5.92 Å². The SMILES string of the molecule is CC(=O)N1CCCC(C(=O)N(C)Cc2ccccc2)C1. The van der Waals surface area contributed by atoms with Crippen LogP contribution >= 0.6 is 0 Å². The van der Waals surface area contributed by atoms with Crippen molar-refractivity contribution in [1.29, 1.82) is 0 Å². The second-order valence-corrected chi connectivity index (χ2v) is 5.48. The van der Waals surface area contributed by atoms with Gasteiger partial charge in [-0.2, -0.15) is 0 Å². The van der Waals surface area contributed by atoms with E-state index in [4.69, 9.17) is 0 Å². The quantitative estimate of drug-likeness (QED) is 0.844. The maximum Gasteiger partial charge on any atom is 0.227 e. The molecule has 1 fully saturated rings. The predicted molar refractivity (Wildman–Crippen MR) is 77.9 cm³/mol. The molecule has 1 aliphatic heterocycles. The third-order valence-corrected chi connectivity index (χ3v) is 3.85. The number of hydrogen-bond acceptors (Lipinski definition) is 2. The molecule has 0 spiro atoms. The Hall–Kier alpha value is -1.84. The molecule has 1 aliphatic rings. The summed E-state index contributed by atoms with van der Waals surface area (Å²) in [5.41, 5.74) is 1.13. The first-order valence-corrected chi connectivity index (χ1v) is 7.12. The highest BCUT2D eigenvalue weighted by atomic mass is 16.2. The van der Waals surface area contributed by atoms with Crippen LogP contribution in [0.15, 0.2) is 30.3 Å². The van der Waals surface area contributed by atoms with E-state index in [0.29, 0.717) is 13.1 Å². The fraction of sp³-hybridized carbons (Fsp3) is 0.500. The zero-order valence-electron chi connectivity index (χ0n) is 12.2. The summed E-state index contributed by atoms with van der Waals surface area (Å²) in [5.74, 6) is 0.148. The Morgan fingerprint density at radius 3 is 2.65 bits per heavy atom. The Balaban J connectivity index is 1.94. The highest BCUT2D eigenvalue weighted by molar-refractivity contribution is 5.80. The minimum atomic E-state index is -0.0543. The second kappa shape index (κ2) is 6.55. The number of carbonyl (C=O) groups is 2. The van der Waals surface area contributed by atoms with Crippen LogP contribution in [0.4, 0.5) is 0 Å². The number of piperidine rings is 1. The number of hydrogen-bond donors (Lipinski definition) is 0. The number of benzene rings is 1. The predicted octanol–water partition coefficient (Wildman–Crippen LogP) is 1.90. The molecule has 0 aliphatic carbocycles. The molecule has 0 N–H and O–H groups in total. The van der Waals surface area contributed by atoms with Crippen LogP contribution in [0.3, 0.4) is 0 Å². The van der Waals surface area contributed by atoms with Gasteiger partial charge in [0.2, 0.25) is 11.8 Å². The van der Waals surface area contributed by atoms with Crippen LogP contribution in [0.25, 0.3) is 0 Å². The van der Waals surface area contributed by atoms with Gasteiger partial charge in [0, 0.05) is 33.6 Å². The number of nitrogens with zero attached hydrogens (tertiary/aromatic N) is 2. The molecule has 20 heavy (non-hydrogen) atoms. The molecule has 1 atom stereocenters. The number of rotatable bonds is 3. The third kappa shape index (κ3) is 3.59. The maximum absolute atomic E-state index is 12.5. The van der Waals surface area contributed by atoms with E-state index in [0.717, 1.165) is 24.9 Å². The van der Waals surface area contributed by atoms with Gasteiger partial charge in [0.1, 0.15) is 0 Å². The third-order valence-electron chi connectivity index (χ3n) is 3.85.